The number of carbonyl (C=O) groups is 1. The van der Waals surface area contributed by atoms with E-state index in [9.17, 15) is 9.18 Å². The lowest BCUT2D eigenvalue weighted by molar-refractivity contribution is 0.0500. The number of amides is 1. The van der Waals surface area contributed by atoms with Crippen LogP contribution in [0.15, 0.2) is 35.2 Å². The molecule has 1 atom stereocenters. The van der Waals surface area contributed by atoms with Gasteiger partial charge in [0.1, 0.15) is 27.8 Å². The smallest absolute Gasteiger partial charge is 0.407 e. The second kappa shape index (κ2) is 8.98. The van der Waals surface area contributed by atoms with E-state index in [2.05, 4.69) is 31.1 Å². The molecule has 0 spiro atoms. The van der Waals surface area contributed by atoms with Crippen molar-refractivity contribution in [1.82, 2.24) is 19.7 Å². The van der Waals surface area contributed by atoms with Crippen molar-refractivity contribution in [3.8, 4) is 17.3 Å². The van der Waals surface area contributed by atoms with Crippen molar-refractivity contribution in [2.24, 2.45) is 0 Å². The van der Waals surface area contributed by atoms with E-state index in [0.717, 1.165) is 19.4 Å². The monoisotopic (exact) mass is 514 g/mol. The minimum atomic E-state index is -0.593. The SMILES string of the molecule is CC(C)(C)OC(=O)NC1CCCN(c2nccn3c(Br)c(-c4ccc(C#N)c(F)c4)nc23)C1. The fraction of sp³-hybridized carbons (Fsp3) is 0.391. The van der Waals surface area contributed by atoms with Crippen LogP contribution >= 0.6 is 15.9 Å². The Labute approximate surface area is 199 Å². The first-order valence-corrected chi connectivity index (χ1v) is 11.4. The molecule has 172 valence electrons. The number of alkyl carbamates (subject to hydrolysis) is 1. The van der Waals surface area contributed by atoms with Crippen LogP contribution < -0.4 is 10.2 Å². The van der Waals surface area contributed by atoms with Gasteiger partial charge in [0.05, 0.1) is 5.56 Å². The van der Waals surface area contributed by atoms with Crippen LogP contribution in [-0.4, -0.2) is 45.2 Å². The Morgan fingerprint density at radius 3 is 2.88 bits per heavy atom. The van der Waals surface area contributed by atoms with Crippen LogP contribution in [0.2, 0.25) is 0 Å². The molecule has 3 aromatic rings. The van der Waals surface area contributed by atoms with Crippen molar-refractivity contribution >= 4 is 33.5 Å². The largest absolute Gasteiger partial charge is 0.444 e. The van der Waals surface area contributed by atoms with Gasteiger partial charge in [-0.15, -0.1) is 0 Å². The van der Waals surface area contributed by atoms with Gasteiger partial charge in [0.25, 0.3) is 0 Å². The van der Waals surface area contributed by atoms with E-state index in [1.54, 1.807) is 18.5 Å². The minimum Gasteiger partial charge on any atom is -0.444 e. The number of benzene rings is 1. The topological polar surface area (TPSA) is 95.5 Å². The molecule has 1 amide bonds. The van der Waals surface area contributed by atoms with Crippen molar-refractivity contribution in [2.75, 3.05) is 18.0 Å². The van der Waals surface area contributed by atoms with E-state index < -0.39 is 17.5 Å². The normalized spacial score (nSPS) is 16.5. The van der Waals surface area contributed by atoms with Gasteiger partial charge in [-0.2, -0.15) is 5.26 Å². The van der Waals surface area contributed by atoms with Gasteiger partial charge in [0.15, 0.2) is 11.5 Å². The number of carbonyl (C=O) groups excluding carboxylic acids is 1. The number of hydrogen-bond donors (Lipinski definition) is 1. The van der Waals surface area contributed by atoms with Crippen LogP contribution in [0.5, 0.6) is 0 Å². The summed E-state index contributed by atoms with van der Waals surface area (Å²) < 4.78 is 22.1. The quantitative estimate of drug-likeness (QED) is 0.545. The van der Waals surface area contributed by atoms with Crippen molar-refractivity contribution in [2.45, 2.75) is 45.3 Å². The first-order valence-electron chi connectivity index (χ1n) is 10.6. The Morgan fingerprint density at radius 1 is 1.39 bits per heavy atom. The summed E-state index contributed by atoms with van der Waals surface area (Å²) in [5.41, 5.74) is 1.14. The molecule has 2 aromatic heterocycles. The third kappa shape index (κ3) is 4.93. The molecular formula is C23H24BrFN6O2. The number of rotatable bonds is 3. The molecule has 1 N–H and O–H groups in total. The summed E-state index contributed by atoms with van der Waals surface area (Å²) >= 11 is 3.57. The number of nitrogens with one attached hydrogen (secondary N) is 1. The Kier molecular flexibility index (Phi) is 6.26. The maximum atomic E-state index is 14.2. The third-order valence-electron chi connectivity index (χ3n) is 5.27. The fourth-order valence-electron chi connectivity index (χ4n) is 3.86. The van der Waals surface area contributed by atoms with Crippen molar-refractivity contribution in [3.63, 3.8) is 0 Å². The first-order chi connectivity index (χ1) is 15.7. The molecule has 1 aliphatic heterocycles. The van der Waals surface area contributed by atoms with E-state index in [-0.39, 0.29) is 11.6 Å². The highest BCUT2D eigenvalue weighted by Crippen LogP contribution is 2.33. The Bertz CT molecular complexity index is 1250. The lowest BCUT2D eigenvalue weighted by Crippen LogP contribution is -2.49. The maximum absolute atomic E-state index is 14.2. The molecule has 3 heterocycles. The van der Waals surface area contributed by atoms with Crippen molar-refractivity contribution < 1.29 is 13.9 Å². The molecule has 33 heavy (non-hydrogen) atoms. The van der Waals surface area contributed by atoms with Gasteiger partial charge in [-0.1, -0.05) is 6.07 Å². The van der Waals surface area contributed by atoms with E-state index in [4.69, 9.17) is 15.0 Å². The number of aromatic nitrogens is 3. The van der Waals surface area contributed by atoms with Crippen molar-refractivity contribution in [1.29, 1.82) is 5.26 Å². The second-order valence-corrected chi connectivity index (χ2v) is 9.68. The highest BCUT2D eigenvalue weighted by Gasteiger charge is 2.27. The number of piperidine rings is 1. The van der Waals surface area contributed by atoms with E-state index in [1.807, 2.05) is 31.2 Å². The number of hydrogen-bond acceptors (Lipinski definition) is 6. The van der Waals surface area contributed by atoms with Crippen LogP contribution in [0.4, 0.5) is 15.0 Å². The van der Waals surface area contributed by atoms with Gasteiger partial charge in [0.2, 0.25) is 0 Å². The van der Waals surface area contributed by atoms with E-state index in [0.29, 0.717) is 33.9 Å². The van der Waals surface area contributed by atoms with Gasteiger partial charge < -0.3 is 15.0 Å². The van der Waals surface area contributed by atoms with Crippen LogP contribution in [0, 0.1) is 17.1 Å². The number of nitriles is 1. The summed E-state index contributed by atoms with van der Waals surface area (Å²) in [6.07, 6.45) is 4.74. The van der Waals surface area contributed by atoms with Crippen LogP contribution in [0.25, 0.3) is 16.9 Å². The van der Waals surface area contributed by atoms with Gasteiger partial charge in [-0.05, 0) is 61.7 Å². The molecule has 1 unspecified atom stereocenters. The maximum Gasteiger partial charge on any atom is 0.407 e. The third-order valence-corrected chi connectivity index (χ3v) is 6.03. The molecule has 10 heteroatoms. The van der Waals surface area contributed by atoms with E-state index in [1.165, 1.54) is 12.1 Å². The number of nitrogens with zero attached hydrogens (tertiary/aromatic N) is 5. The van der Waals surface area contributed by atoms with Crippen molar-refractivity contribution in [3.05, 3.63) is 46.6 Å². The Balaban J connectivity index is 1.62. The number of fused-ring (bicyclic) bond motifs is 1. The molecule has 8 nitrogen and oxygen atoms in total. The van der Waals surface area contributed by atoms with Gasteiger partial charge >= 0.3 is 6.09 Å². The van der Waals surface area contributed by atoms with Crippen LogP contribution in [0.3, 0.4) is 0 Å². The van der Waals surface area contributed by atoms with E-state index >= 15 is 0 Å². The standard InChI is InChI=1S/C23H24BrFN6O2/c1-23(2,3)33-22(32)28-16-5-4-9-30(13-16)20-21-29-18(19(24)31(21)10-8-27-20)14-6-7-15(12-26)17(25)11-14/h6-8,10-11,16H,4-5,9,13H2,1-3H3,(H,28,32). The first kappa shape index (κ1) is 23.0. The molecule has 1 fully saturated rings. The lowest BCUT2D eigenvalue weighted by Gasteiger charge is -2.34. The number of imidazole rings is 1. The van der Waals surface area contributed by atoms with Gasteiger partial charge in [-0.3, -0.25) is 4.40 Å². The van der Waals surface area contributed by atoms with Crippen LogP contribution in [-0.2, 0) is 4.74 Å². The Morgan fingerprint density at radius 2 is 2.18 bits per heavy atom. The zero-order valence-corrected chi connectivity index (χ0v) is 20.2. The van der Waals surface area contributed by atoms with Crippen LogP contribution in [0.1, 0.15) is 39.2 Å². The summed E-state index contributed by atoms with van der Waals surface area (Å²) in [5.74, 6) is 0.0821. The average molecular weight is 515 g/mol. The number of anilines is 1. The average Bonchev–Trinajstić information content (AvgIpc) is 3.09. The molecule has 0 saturated carbocycles. The summed E-state index contributed by atoms with van der Waals surface area (Å²) in [6.45, 7) is 6.83. The number of ether oxygens (including phenoxy) is 1. The molecule has 4 rings (SSSR count). The second-order valence-electron chi connectivity index (χ2n) is 8.93. The highest BCUT2D eigenvalue weighted by molar-refractivity contribution is 9.10. The molecule has 1 saturated heterocycles. The minimum absolute atomic E-state index is 0.0159. The predicted octanol–water partition coefficient (Wildman–Crippen LogP) is 4.66. The molecule has 0 bridgehead atoms. The Hall–Kier alpha value is -3.19. The molecule has 0 aliphatic carbocycles. The van der Waals surface area contributed by atoms with Gasteiger partial charge in [0, 0.05) is 37.1 Å². The molecule has 0 radical (unpaired) electrons. The highest BCUT2D eigenvalue weighted by atomic mass is 79.9. The van der Waals surface area contributed by atoms with Gasteiger partial charge in [-0.25, -0.2) is 19.2 Å². The summed E-state index contributed by atoms with van der Waals surface area (Å²) in [6, 6.07) is 6.16. The molecule has 1 aliphatic rings. The fourth-order valence-corrected chi connectivity index (χ4v) is 4.46. The number of halogens is 2. The zero-order valence-electron chi connectivity index (χ0n) is 18.6. The zero-order chi connectivity index (χ0) is 23.8. The summed E-state index contributed by atoms with van der Waals surface area (Å²) in [5, 5.41) is 11.9. The molecule has 1 aromatic carbocycles. The lowest BCUT2D eigenvalue weighted by atomic mass is 10.1. The summed E-state index contributed by atoms with van der Waals surface area (Å²) in [4.78, 5) is 23.6. The predicted molar refractivity (Wildman–Crippen MR) is 125 cm³/mol. The summed E-state index contributed by atoms with van der Waals surface area (Å²) in [7, 11) is 0. The molecular weight excluding hydrogens is 491 g/mol.